The summed E-state index contributed by atoms with van der Waals surface area (Å²) in [6, 6.07) is 0. The molecule has 1 amide bonds. The van der Waals surface area contributed by atoms with Crippen LogP contribution in [0.3, 0.4) is 0 Å². The molecule has 1 aliphatic rings. The predicted octanol–water partition coefficient (Wildman–Crippen LogP) is -0.0179. The third kappa shape index (κ3) is 0.991. The lowest BCUT2D eigenvalue weighted by atomic mass is 10.7. The fraction of sp³-hybridized carbons (Fsp3) is 0.667. The van der Waals surface area contributed by atoms with Crippen LogP contribution in [0.1, 0.15) is 0 Å². The Morgan fingerprint density at radius 2 is 2.71 bits per heavy atom. The molecule has 1 saturated heterocycles. The topological polar surface area (TPSA) is 38.3 Å². The third-order valence-corrected chi connectivity index (χ3v) is 0.935. The molecule has 1 heterocycles. The largest absolute Gasteiger partial charge is 0.446 e. The molecule has 40 valence electrons. The van der Waals surface area contributed by atoms with Crippen molar-refractivity contribution in [3.8, 4) is 0 Å². The summed E-state index contributed by atoms with van der Waals surface area (Å²) in [6.07, 6.45) is -0.375. The highest BCUT2D eigenvalue weighted by Crippen LogP contribution is 1.98. The van der Waals surface area contributed by atoms with Gasteiger partial charge in [0, 0.05) is 0 Å². The first kappa shape index (κ1) is 4.77. The van der Waals surface area contributed by atoms with Crippen molar-refractivity contribution in [3.05, 3.63) is 0 Å². The molecule has 7 heavy (non-hydrogen) atoms. The first-order valence-corrected chi connectivity index (χ1v) is 2.42. The molecular weight excluding hydrogens is 114 g/mol. The highest BCUT2D eigenvalue weighted by molar-refractivity contribution is 7.81. The summed E-state index contributed by atoms with van der Waals surface area (Å²) in [6.45, 7) is 0.377. The van der Waals surface area contributed by atoms with Gasteiger partial charge in [0.1, 0.15) is 12.0 Å². The van der Waals surface area contributed by atoms with E-state index < -0.39 is 0 Å². The smallest absolute Gasteiger partial charge is 0.408 e. The molecule has 1 aliphatic heterocycles. The number of nitrogens with one attached hydrogen (secondary N) is 1. The molecule has 0 saturated carbocycles. The molecule has 4 heteroatoms. The molecule has 0 spiro atoms. The number of hydrogen-bond donors (Lipinski definition) is 2. The van der Waals surface area contributed by atoms with Gasteiger partial charge in [-0.25, -0.2) is 4.79 Å². The van der Waals surface area contributed by atoms with Gasteiger partial charge < -0.3 is 10.1 Å². The Balaban J connectivity index is 2.40. The molecule has 1 atom stereocenters. The summed E-state index contributed by atoms with van der Waals surface area (Å²) in [5.41, 5.74) is 0. The van der Waals surface area contributed by atoms with Crippen LogP contribution < -0.4 is 5.32 Å². The van der Waals surface area contributed by atoms with E-state index in [9.17, 15) is 4.79 Å². The molecule has 0 aliphatic carbocycles. The second-order valence-electron chi connectivity index (χ2n) is 1.26. The Kier molecular flexibility index (Phi) is 1.10. The minimum Gasteiger partial charge on any atom is -0.446 e. The normalized spacial score (nSPS) is 29.3. The van der Waals surface area contributed by atoms with Crippen molar-refractivity contribution in [1.82, 2.24) is 5.32 Å². The average Bonchev–Trinajstić information content (AvgIpc) is 1.87. The van der Waals surface area contributed by atoms with Crippen molar-refractivity contribution in [3.63, 3.8) is 0 Å². The van der Waals surface area contributed by atoms with Crippen molar-refractivity contribution in [2.45, 2.75) is 5.37 Å². The Labute approximate surface area is 46.4 Å². The molecule has 1 fully saturated rings. The summed E-state index contributed by atoms with van der Waals surface area (Å²) in [5.74, 6) is 0. The van der Waals surface area contributed by atoms with Crippen LogP contribution >= 0.6 is 12.6 Å². The van der Waals surface area contributed by atoms with Crippen LogP contribution in [0.25, 0.3) is 0 Å². The maximum Gasteiger partial charge on any atom is 0.408 e. The number of alkyl carbamates (subject to hydrolysis) is 1. The van der Waals surface area contributed by atoms with Gasteiger partial charge in [0.2, 0.25) is 0 Å². The van der Waals surface area contributed by atoms with Gasteiger partial charge in [-0.1, -0.05) is 0 Å². The van der Waals surface area contributed by atoms with Crippen LogP contribution in [0.4, 0.5) is 4.79 Å². The highest BCUT2D eigenvalue weighted by Gasteiger charge is 2.16. The van der Waals surface area contributed by atoms with Gasteiger partial charge in [-0.15, -0.1) is 0 Å². The average molecular weight is 119 g/mol. The third-order valence-electron chi connectivity index (χ3n) is 0.657. The summed E-state index contributed by atoms with van der Waals surface area (Å²) >= 11 is 3.89. The lowest BCUT2D eigenvalue weighted by Gasteiger charge is -1.89. The number of cyclic esters (lactones) is 1. The molecular formula is C3H5NO2S. The van der Waals surface area contributed by atoms with E-state index in [0.29, 0.717) is 6.61 Å². The van der Waals surface area contributed by atoms with Gasteiger partial charge in [0.05, 0.1) is 0 Å². The lowest BCUT2D eigenvalue weighted by molar-refractivity contribution is 0.178. The van der Waals surface area contributed by atoms with Crippen molar-refractivity contribution in [2.75, 3.05) is 6.61 Å². The minimum absolute atomic E-state index is 0.104. The highest BCUT2D eigenvalue weighted by atomic mass is 32.1. The SMILES string of the molecule is O=C1NC(S)CO1. The number of amides is 1. The van der Waals surface area contributed by atoms with E-state index in [0.717, 1.165) is 0 Å². The van der Waals surface area contributed by atoms with E-state index in [1.54, 1.807) is 0 Å². The first-order valence-electron chi connectivity index (χ1n) is 1.90. The van der Waals surface area contributed by atoms with Gasteiger partial charge in [-0.3, -0.25) is 0 Å². The van der Waals surface area contributed by atoms with Crippen molar-refractivity contribution in [1.29, 1.82) is 0 Å². The van der Waals surface area contributed by atoms with E-state index in [-0.39, 0.29) is 11.5 Å². The summed E-state index contributed by atoms with van der Waals surface area (Å²) in [5, 5.41) is 2.32. The van der Waals surface area contributed by atoms with Gasteiger partial charge in [-0.05, 0) is 0 Å². The minimum atomic E-state index is -0.375. The number of carbonyl (C=O) groups excluding carboxylic acids is 1. The Bertz CT molecular complexity index is 94.9. The van der Waals surface area contributed by atoms with E-state index in [2.05, 4.69) is 22.7 Å². The Morgan fingerprint density at radius 3 is 2.86 bits per heavy atom. The molecule has 0 aromatic heterocycles. The van der Waals surface area contributed by atoms with E-state index in [1.807, 2.05) is 0 Å². The standard InChI is InChI=1S/C3H5NO2S/c5-3-4-2(7)1-6-3/h2,7H,1H2,(H,4,5). The molecule has 1 N–H and O–H groups in total. The van der Waals surface area contributed by atoms with E-state index in [1.165, 1.54) is 0 Å². The van der Waals surface area contributed by atoms with Crippen LogP contribution in [-0.4, -0.2) is 18.1 Å². The van der Waals surface area contributed by atoms with Crippen molar-refractivity contribution in [2.24, 2.45) is 0 Å². The monoisotopic (exact) mass is 119 g/mol. The maximum atomic E-state index is 10.1. The Hall–Kier alpha value is -0.380. The summed E-state index contributed by atoms with van der Waals surface area (Å²) in [4.78, 5) is 10.1. The van der Waals surface area contributed by atoms with Crippen LogP contribution in [0, 0.1) is 0 Å². The van der Waals surface area contributed by atoms with Crippen LogP contribution in [0.2, 0.25) is 0 Å². The van der Waals surface area contributed by atoms with Gasteiger partial charge in [-0.2, -0.15) is 12.6 Å². The van der Waals surface area contributed by atoms with E-state index >= 15 is 0 Å². The number of hydrogen-bond acceptors (Lipinski definition) is 3. The molecule has 1 rings (SSSR count). The molecule has 1 unspecified atom stereocenters. The molecule has 0 aromatic carbocycles. The predicted molar refractivity (Wildman–Crippen MR) is 27.3 cm³/mol. The molecule has 0 aromatic rings. The van der Waals surface area contributed by atoms with Crippen molar-refractivity contribution < 1.29 is 9.53 Å². The van der Waals surface area contributed by atoms with Gasteiger partial charge in [0.15, 0.2) is 0 Å². The van der Waals surface area contributed by atoms with Crippen molar-refractivity contribution >= 4 is 18.7 Å². The first-order chi connectivity index (χ1) is 3.29. The van der Waals surface area contributed by atoms with Crippen LogP contribution in [0.5, 0.6) is 0 Å². The fourth-order valence-corrected chi connectivity index (χ4v) is 0.554. The van der Waals surface area contributed by atoms with Gasteiger partial charge in [0.25, 0.3) is 0 Å². The lowest BCUT2D eigenvalue weighted by Crippen LogP contribution is -2.19. The van der Waals surface area contributed by atoms with Crippen LogP contribution in [-0.2, 0) is 4.74 Å². The van der Waals surface area contributed by atoms with Crippen LogP contribution in [0.15, 0.2) is 0 Å². The zero-order valence-electron chi connectivity index (χ0n) is 3.55. The Morgan fingerprint density at radius 1 is 2.00 bits per heavy atom. The zero-order valence-corrected chi connectivity index (χ0v) is 4.44. The fourth-order valence-electron chi connectivity index (χ4n) is 0.374. The number of rotatable bonds is 0. The molecule has 0 bridgehead atoms. The number of ether oxygens (including phenoxy) is 1. The zero-order chi connectivity index (χ0) is 5.28. The maximum absolute atomic E-state index is 10.1. The number of carbonyl (C=O) groups is 1. The van der Waals surface area contributed by atoms with Gasteiger partial charge >= 0.3 is 6.09 Å². The summed E-state index contributed by atoms with van der Waals surface area (Å²) in [7, 11) is 0. The van der Waals surface area contributed by atoms with E-state index in [4.69, 9.17) is 0 Å². The molecule has 3 nitrogen and oxygen atoms in total. The quantitative estimate of drug-likeness (QED) is 0.440. The second kappa shape index (κ2) is 1.61. The summed E-state index contributed by atoms with van der Waals surface area (Å²) < 4.78 is 4.44. The molecule has 0 radical (unpaired) electrons. The number of thiol groups is 1. The second-order valence-corrected chi connectivity index (χ2v) is 1.88.